The summed E-state index contributed by atoms with van der Waals surface area (Å²) in [4.78, 5) is 5.28. The number of allylic oxidation sites excluding steroid dienone is 2. The molecule has 7 aromatic carbocycles. The molecule has 1 aromatic heterocycles. The fourth-order valence-electron chi connectivity index (χ4n) is 13.1. The van der Waals surface area contributed by atoms with E-state index in [9.17, 15) is 0 Å². The van der Waals surface area contributed by atoms with Crippen molar-refractivity contribution >= 4 is 62.4 Å². The number of aryl methyl sites for hydroxylation is 1. The highest BCUT2D eigenvalue weighted by atomic mass is 15.2. The van der Waals surface area contributed by atoms with Crippen LogP contribution in [0.1, 0.15) is 137 Å². The predicted molar refractivity (Wildman–Crippen MR) is 320 cm³/mol. The van der Waals surface area contributed by atoms with Crippen LogP contribution >= 0.6 is 0 Å². The second kappa shape index (κ2) is 16.4. The Morgan fingerprint density at radius 1 is 0.554 bits per heavy atom. The Labute approximate surface area is 442 Å². The smallest absolute Gasteiger partial charge is 0.252 e. The van der Waals surface area contributed by atoms with Gasteiger partial charge in [0.25, 0.3) is 6.71 Å². The third-order valence-corrected chi connectivity index (χ3v) is 17.1. The molecule has 0 amide bonds. The topological polar surface area (TPSA) is 11.4 Å². The van der Waals surface area contributed by atoms with Gasteiger partial charge < -0.3 is 14.4 Å². The highest BCUT2D eigenvalue weighted by molar-refractivity contribution is 7.00. The van der Waals surface area contributed by atoms with Gasteiger partial charge in [-0.05, 0) is 151 Å². The van der Waals surface area contributed by atoms with Gasteiger partial charge in [-0.2, -0.15) is 0 Å². The van der Waals surface area contributed by atoms with Crippen LogP contribution in [0.2, 0.25) is 0 Å². The lowest BCUT2D eigenvalue weighted by Crippen LogP contribution is -2.60. The number of anilines is 5. The number of nitrogens with zero attached hydrogens (tertiary/aromatic N) is 3. The van der Waals surface area contributed by atoms with Gasteiger partial charge in [0, 0.05) is 55.9 Å². The summed E-state index contributed by atoms with van der Waals surface area (Å²) in [5, 5.41) is 1.39. The van der Waals surface area contributed by atoms with E-state index in [4.69, 9.17) is 0 Å². The molecule has 3 nitrogen and oxygen atoms in total. The van der Waals surface area contributed by atoms with Crippen molar-refractivity contribution in [3.05, 3.63) is 197 Å². The number of rotatable bonds is 5. The lowest BCUT2D eigenvalue weighted by molar-refractivity contribution is 0.510. The lowest BCUT2D eigenvalue weighted by atomic mass is 9.33. The lowest BCUT2D eigenvalue weighted by Gasteiger charge is -2.43. The van der Waals surface area contributed by atoms with Gasteiger partial charge in [-0.25, -0.2) is 0 Å². The fourth-order valence-corrected chi connectivity index (χ4v) is 13.1. The zero-order valence-corrected chi connectivity index (χ0v) is 46.7. The monoisotopic (exact) mass is 968 g/mol. The molecule has 3 heterocycles. The van der Waals surface area contributed by atoms with Crippen LogP contribution in [0.3, 0.4) is 0 Å². The maximum atomic E-state index is 2.71. The summed E-state index contributed by atoms with van der Waals surface area (Å²) in [7, 11) is 0. The van der Waals surface area contributed by atoms with E-state index in [-0.39, 0.29) is 39.8 Å². The molecule has 0 fully saturated rings. The van der Waals surface area contributed by atoms with Crippen LogP contribution in [0.5, 0.6) is 0 Å². The molecule has 2 aliphatic heterocycles. The molecule has 12 rings (SSSR count). The molecule has 4 heteroatoms. The second-order valence-corrected chi connectivity index (χ2v) is 26.8. The first-order valence-electron chi connectivity index (χ1n) is 27.3. The van der Waals surface area contributed by atoms with Crippen LogP contribution < -0.4 is 26.2 Å². The van der Waals surface area contributed by atoms with Crippen molar-refractivity contribution in [2.24, 2.45) is 5.41 Å². The Morgan fingerprint density at radius 3 is 1.86 bits per heavy atom. The van der Waals surface area contributed by atoms with Gasteiger partial charge in [-0.3, -0.25) is 0 Å². The van der Waals surface area contributed by atoms with Crippen molar-refractivity contribution < 1.29 is 0 Å². The van der Waals surface area contributed by atoms with Crippen molar-refractivity contribution in [2.45, 2.75) is 138 Å². The Bertz CT molecular complexity index is 3660. The molecule has 372 valence electrons. The van der Waals surface area contributed by atoms with E-state index in [0.717, 1.165) is 6.42 Å². The molecule has 0 radical (unpaired) electrons. The van der Waals surface area contributed by atoms with E-state index in [1.807, 2.05) is 0 Å². The fraction of sp³-hybridized carbons (Fsp3) is 0.314. The highest BCUT2D eigenvalue weighted by Gasteiger charge is 2.48. The maximum Gasteiger partial charge on any atom is 0.252 e. The van der Waals surface area contributed by atoms with Crippen molar-refractivity contribution in [2.75, 3.05) is 9.80 Å². The van der Waals surface area contributed by atoms with Crippen LogP contribution in [0.25, 0.3) is 39.0 Å². The number of hydrogen-bond donors (Lipinski definition) is 0. The zero-order valence-electron chi connectivity index (χ0n) is 46.7. The van der Waals surface area contributed by atoms with Crippen LogP contribution in [-0.4, -0.2) is 17.3 Å². The first kappa shape index (κ1) is 48.2. The molecular weight excluding hydrogens is 894 g/mol. The van der Waals surface area contributed by atoms with E-state index in [2.05, 4.69) is 276 Å². The summed E-state index contributed by atoms with van der Waals surface area (Å²) in [5.41, 5.74) is 27.3. The van der Waals surface area contributed by atoms with Crippen molar-refractivity contribution in [1.29, 1.82) is 0 Å². The van der Waals surface area contributed by atoms with Crippen molar-refractivity contribution in [3.63, 3.8) is 0 Å². The minimum Gasteiger partial charge on any atom is -0.334 e. The van der Waals surface area contributed by atoms with E-state index < -0.39 is 0 Å². The maximum absolute atomic E-state index is 2.71. The summed E-state index contributed by atoms with van der Waals surface area (Å²) in [6.45, 7) is 35.3. The summed E-state index contributed by atoms with van der Waals surface area (Å²) in [6.07, 6.45) is 8.25. The third kappa shape index (κ3) is 7.44. The molecule has 0 spiro atoms. The normalized spacial score (nSPS) is 16.5. The SMILES string of the molecule is Cc1cc2c3c(c1)-n1c4c(c5cc(C(C)(C)C)cc(c51)B3c1ccc(N(c3ccc(C(C)(C)C)cc3)C3C=CC(C(C)(C)C)=CC3)cc1N2c1ccc(C(C)(C)C)cc1-c1ccccc1)C(C)(C)c1ccccc1-4. The average molecular weight is 968 g/mol. The molecule has 4 aliphatic rings. The van der Waals surface area contributed by atoms with Crippen LogP contribution in [0, 0.1) is 12.3 Å². The van der Waals surface area contributed by atoms with Gasteiger partial charge in [0.05, 0.1) is 17.4 Å². The summed E-state index contributed by atoms with van der Waals surface area (Å²) < 4.78 is 2.71. The minimum absolute atomic E-state index is 0.00743. The largest absolute Gasteiger partial charge is 0.334 e. The molecule has 1 atom stereocenters. The van der Waals surface area contributed by atoms with Gasteiger partial charge in [-0.1, -0.05) is 200 Å². The highest BCUT2D eigenvalue weighted by Crippen LogP contribution is 2.56. The Balaban J connectivity index is 1.19. The number of fused-ring (bicyclic) bond motifs is 9. The van der Waals surface area contributed by atoms with Crippen LogP contribution in [0.4, 0.5) is 28.4 Å². The molecule has 0 saturated heterocycles. The Kier molecular flexibility index (Phi) is 10.7. The molecule has 0 bridgehead atoms. The van der Waals surface area contributed by atoms with E-state index in [1.54, 1.807) is 0 Å². The third-order valence-electron chi connectivity index (χ3n) is 17.1. The molecule has 0 N–H and O–H groups in total. The summed E-state index contributed by atoms with van der Waals surface area (Å²) in [6, 6.07) is 54.8. The molecule has 1 unspecified atom stereocenters. The molecule has 0 saturated carbocycles. The van der Waals surface area contributed by atoms with Gasteiger partial charge in [-0.15, -0.1) is 0 Å². The predicted octanol–water partition coefficient (Wildman–Crippen LogP) is 16.9. The molecule has 8 aromatic rings. The van der Waals surface area contributed by atoms with E-state index >= 15 is 0 Å². The molecule has 2 aliphatic carbocycles. The van der Waals surface area contributed by atoms with Gasteiger partial charge >= 0.3 is 0 Å². The van der Waals surface area contributed by atoms with Crippen LogP contribution in [0.15, 0.2) is 163 Å². The first-order valence-corrected chi connectivity index (χ1v) is 27.3. The second-order valence-electron chi connectivity index (χ2n) is 26.8. The van der Waals surface area contributed by atoms with E-state index in [0.29, 0.717) is 0 Å². The number of aromatic nitrogens is 1. The number of hydrogen-bond acceptors (Lipinski definition) is 2. The van der Waals surface area contributed by atoms with E-state index in [1.165, 1.54) is 123 Å². The quantitative estimate of drug-likeness (QED) is 0.159. The van der Waals surface area contributed by atoms with Gasteiger partial charge in [0.15, 0.2) is 0 Å². The van der Waals surface area contributed by atoms with Gasteiger partial charge in [0.1, 0.15) is 0 Å². The first-order chi connectivity index (χ1) is 34.9. The van der Waals surface area contributed by atoms with Crippen molar-refractivity contribution in [3.8, 4) is 28.1 Å². The van der Waals surface area contributed by atoms with Crippen LogP contribution in [-0.2, 0) is 21.7 Å². The average Bonchev–Trinajstić information content (AvgIpc) is 3.89. The van der Waals surface area contributed by atoms with Crippen molar-refractivity contribution in [1.82, 2.24) is 4.57 Å². The van der Waals surface area contributed by atoms with Gasteiger partial charge in [0.2, 0.25) is 0 Å². The minimum atomic E-state index is -0.181. The summed E-state index contributed by atoms with van der Waals surface area (Å²) >= 11 is 0. The number of benzene rings is 7. The molecule has 74 heavy (non-hydrogen) atoms. The summed E-state index contributed by atoms with van der Waals surface area (Å²) in [5.74, 6) is 0. The standard InChI is InChI=1S/C70H74BN3/c1-43-37-60-63-61(38-43)74-64-54(62-65(74)52-23-19-20-24-55(52)70(62,14)15)40-48(69(11,12)13)41-57(64)71(63)56-35-34-51(42-59(56)73(60)58-36-29-47(68(8,9)10)39-53(58)44-21-17-16-18-22-44)72(49-30-25-45(26-31-49)66(2,3)4)50-32-27-46(28-33-50)67(5,6)7/h16-32,34-42,50H,33H2,1-15H3. The Morgan fingerprint density at radius 2 is 1.20 bits per heavy atom. The zero-order chi connectivity index (χ0) is 52.2. The Hall–Kier alpha value is -6.78. The molecular formula is C70H74BN3.